The molecule has 0 unspecified atom stereocenters. The summed E-state index contributed by atoms with van der Waals surface area (Å²) in [6.07, 6.45) is 5.73. The van der Waals surface area contributed by atoms with Crippen LogP contribution in [0.5, 0.6) is 0 Å². The molecule has 0 aromatic carbocycles. The second-order valence-electron chi connectivity index (χ2n) is 3.92. The number of allylic oxidation sites excluding steroid dienone is 1. The van der Waals surface area contributed by atoms with Crippen LogP contribution in [0.2, 0.25) is 0 Å². The molecule has 0 aliphatic heterocycles. The maximum Gasteiger partial charge on any atom is 0.246 e. The van der Waals surface area contributed by atoms with Crippen molar-refractivity contribution in [3.8, 4) is 0 Å². The van der Waals surface area contributed by atoms with Crippen molar-refractivity contribution in [1.82, 2.24) is 5.32 Å². The van der Waals surface area contributed by atoms with Crippen molar-refractivity contribution < 1.29 is 4.79 Å². The smallest absolute Gasteiger partial charge is 0.246 e. The molecule has 1 atom stereocenters. The zero-order valence-corrected chi connectivity index (χ0v) is 8.76. The number of hydrogen-bond donors (Lipinski definition) is 1. The molecule has 13 heavy (non-hydrogen) atoms. The van der Waals surface area contributed by atoms with Gasteiger partial charge in [0.25, 0.3) is 0 Å². The molecule has 1 amide bonds. The van der Waals surface area contributed by atoms with Crippen LogP contribution in [-0.2, 0) is 4.79 Å². The minimum atomic E-state index is 0.0851. The molecule has 1 fully saturated rings. The topological polar surface area (TPSA) is 29.1 Å². The van der Waals surface area contributed by atoms with Gasteiger partial charge in [-0.25, -0.2) is 0 Å². The minimum absolute atomic E-state index is 0.0851. The molecule has 0 radical (unpaired) electrons. The highest BCUT2D eigenvalue weighted by Crippen LogP contribution is 2.29. The van der Waals surface area contributed by atoms with Crippen LogP contribution >= 0.6 is 0 Å². The van der Waals surface area contributed by atoms with Gasteiger partial charge in [0.15, 0.2) is 0 Å². The zero-order valence-electron chi connectivity index (χ0n) is 8.76. The molecule has 0 spiro atoms. The van der Waals surface area contributed by atoms with Crippen LogP contribution in [0.25, 0.3) is 0 Å². The molecular weight excluding hydrogens is 162 g/mol. The molecule has 0 bridgehead atoms. The van der Waals surface area contributed by atoms with E-state index in [0.29, 0.717) is 12.0 Å². The normalized spacial score (nSPS) is 20.7. The number of amides is 1. The maximum atomic E-state index is 11.4. The molecule has 74 valence electrons. The first-order valence-corrected chi connectivity index (χ1v) is 5.09. The van der Waals surface area contributed by atoms with Crippen molar-refractivity contribution in [1.29, 1.82) is 0 Å². The summed E-state index contributed by atoms with van der Waals surface area (Å²) < 4.78 is 0. The Kier molecular flexibility index (Phi) is 3.52. The van der Waals surface area contributed by atoms with Crippen molar-refractivity contribution in [2.24, 2.45) is 5.92 Å². The molecule has 0 aromatic heterocycles. The zero-order chi connectivity index (χ0) is 9.84. The number of nitrogens with one attached hydrogen (secondary N) is 1. The Bertz CT molecular complexity index is 216. The SMILES string of the molecule is C/C=C(/C)C(=O)N[C@@H](C)C1CCC1. The standard InChI is InChI=1S/C11H19NO/c1-4-8(2)11(13)12-9(3)10-6-5-7-10/h4,9-10H,5-7H2,1-3H3,(H,12,13)/b8-4-/t9-/m0/s1. The summed E-state index contributed by atoms with van der Waals surface area (Å²) >= 11 is 0. The fraction of sp³-hybridized carbons (Fsp3) is 0.727. The van der Waals surface area contributed by atoms with Crippen LogP contribution in [0.4, 0.5) is 0 Å². The van der Waals surface area contributed by atoms with E-state index in [2.05, 4.69) is 12.2 Å². The Morgan fingerprint density at radius 3 is 2.54 bits per heavy atom. The third-order valence-corrected chi connectivity index (χ3v) is 3.01. The molecule has 1 N–H and O–H groups in total. The average Bonchev–Trinajstić information content (AvgIpc) is 1.99. The lowest BCUT2D eigenvalue weighted by molar-refractivity contribution is -0.118. The second-order valence-corrected chi connectivity index (χ2v) is 3.92. The van der Waals surface area contributed by atoms with E-state index in [1.807, 2.05) is 19.9 Å². The van der Waals surface area contributed by atoms with Gasteiger partial charge in [-0.05, 0) is 39.5 Å². The molecule has 2 heteroatoms. The summed E-state index contributed by atoms with van der Waals surface area (Å²) in [5.74, 6) is 0.801. The van der Waals surface area contributed by atoms with Crippen molar-refractivity contribution >= 4 is 5.91 Å². The van der Waals surface area contributed by atoms with Gasteiger partial charge in [-0.15, -0.1) is 0 Å². The quantitative estimate of drug-likeness (QED) is 0.665. The highest BCUT2D eigenvalue weighted by atomic mass is 16.1. The van der Waals surface area contributed by atoms with Crippen molar-refractivity contribution in [2.45, 2.75) is 46.1 Å². The van der Waals surface area contributed by atoms with Crippen LogP contribution in [0.1, 0.15) is 40.0 Å². The molecule has 0 saturated heterocycles. The lowest BCUT2D eigenvalue weighted by atomic mass is 9.80. The van der Waals surface area contributed by atoms with Gasteiger partial charge in [0.2, 0.25) is 5.91 Å². The monoisotopic (exact) mass is 181 g/mol. The highest BCUT2D eigenvalue weighted by Gasteiger charge is 2.24. The highest BCUT2D eigenvalue weighted by molar-refractivity contribution is 5.92. The van der Waals surface area contributed by atoms with Gasteiger partial charge in [-0.2, -0.15) is 0 Å². The first-order chi connectivity index (χ1) is 6.15. The predicted molar refractivity (Wildman–Crippen MR) is 54.4 cm³/mol. The average molecular weight is 181 g/mol. The van der Waals surface area contributed by atoms with E-state index in [4.69, 9.17) is 0 Å². The van der Waals surface area contributed by atoms with Crippen LogP contribution < -0.4 is 5.32 Å². The van der Waals surface area contributed by atoms with Crippen LogP contribution in [0, 0.1) is 5.92 Å². The summed E-state index contributed by atoms with van der Waals surface area (Å²) in [6.45, 7) is 5.84. The lowest BCUT2D eigenvalue weighted by Gasteiger charge is -2.31. The van der Waals surface area contributed by atoms with Crippen LogP contribution in [-0.4, -0.2) is 11.9 Å². The van der Waals surface area contributed by atoms with Gasteiger partial charge < -0.3 is 5.32 Å². The molecule has 1 saturated carbocycles. The first kappa shape index (κ1) is 10.3. The fourth-order valence-electron chi connectivity index (χ4n) is 1.51. The molecule has 1 aliphatic carbocycles. The second kappa shape index (κ2) is 4.45. The lowest BCUT2D eigenvalue weighted by Crippen LogP contribution is -2.40. The summed E-state index contributed by atoms with van der Waals surface area (Å²) in [5.41, 5.74) is 0.811. The Morgan fingerprint density at radius 1 is 1.54 bits per heavy atom. The molecule has 1 aliphatic rings. The van der Waals surface area contributed by atoms with E-state index in [9.17, 15) is 4.79 Å². The van der Waals surface area contributed by atoms with Crippen molar-refractivity contribution in [3.05, 3.63) is 11.6 Å². The van der Waals surface area contributed by atoms with E-state index in [-0.39, 0.29) is 5.91 Å². The number of hydrogen-bond acceptors (Lipinski definition) is 1. The van der Waals surface area contributed by atoms with Crippen LogP contribution in [0.3, 0.4) is 0 Å². The maximum absolute atomic E-state index is 11.4. The van der Waals surface area contributed by atoms with Gasteiger partial charge in [0, 0.05) is 11.6 Å². The van der Waals surface area contributed by atoms with E-state index >= 15 is 0 Å². The van der Waals surface area contributed by atoms with E-state index < -0.39 is 0 Å². The van der Waals surface area contributed by atoms with E-state index in [0.717, 1.165) is 5.57 Å². The Hall–Kier alpha value is -0.790. The number of rotatable bonds is 3. The van der Waals surface area contributed by atoms with E-state index in [1.54, 1.807) is 0 Å². The third-order valence-electron chi connectivity index (χ3n) is 3.01. The molecule has 0 aromatic rings. The Morgan fingerprint density at radius 2 is 2.15 bits per heavy atom. The van der Waals surface area contributed by atoms with Crippen LogP contribution in [0.15, 0.2) is 11.6 Å². The summed E-state index contributed by atoms with van der Waals surface area (Å²) in [7, 11) is 0. The molecule has 1 rings (SSSR count). The fourth-order valence-corrected chi connectivity index (χ4v) is 1.51. The predicted octanol–water partition coefficient (Wildman–Crippen LogP) is 2.26. The molecular formula is C11H19NO. The largest absolute Gasteiger partial charge is 0.350 e. The molecule has 0 heterocycles. The molecule has 2 nitrogen and oxygen atoms in total. The van der Waals surface area contributed by atoms with Crippen molar-refractivity contribution in [3.63, 3.8) is 0 Å². The van der Waals surface area contributed by atoms with Gasteiger partial charge in [0.1, 0.15) is 0 Å². The Balaban J connectivity index is 2.34. The van der Waals surface area contributed by atoms with Crippen molar-refractivity contribution in [2.75, 3.05) is 0 Å². The summed E-state index contributed by atoms with van der Waals surface area (Å²) in [5, 5.41) is 3.03. The first-order valence-electron chi connectivity index (χ1n) is 5.09. The van der Waals surface area contributed by atoms with Gasteiger partial charge in [-0.1, -0.05) is 12.5 Å². The van der Waals surface area contributed by atoms with Gasteiger partial charge in [0.05, 0.1) is 0 Å². The number of carbonyl (C=O) groups is 1. The Labute approximate surface area is 80.4 Å². The van der Waals surface area contributed by atoms with E-state index in [1.165, 1.54) is 19.3 Å². The minimum Gasteiger partial charge on any atom is -0.350 e. The van der Waals surface area contributed by atoms with Gasteiger partial charge in [-0.3, -0.25) is 4.79 Å². The third kappa shape index (κ3) is 2.58. The summed E-state index contributed by atoms with van der Waals surface area (Å²) in [4.78, 5) is 11.4. The number of carbonyl (C=O) groups excluding carboxylic acids is 1. The van der Waals surface area contributed by atoms with Gasteiger partial charge >= 0.3 is 0 Å². The summed E-state index contributed by atoms with van der Waals surface area (Å²) in [6, 6.07) is 0.344.